The molecule has 1 amide bonds. The lowest BCUT2D eigenvalue weighted by Gasteiger charge is -2.38. The van der Waals surface area contributed by atoms with Crippen LogP contribution < -0.4 is 5.32 Å². The molecule has 1 saturated heterocycles. The fourth-order valence-electron chi connectivity index (χ4n) is 3.11. The number of carbonyl (C=O) groups is 1. The van der Waals surface area contributed by atoms with Crippen LogP contribution in [0.4, 0.5) is 0 Å². The Hall–Kier alpha value is -1.36. The Bertz CT molecular complexity index is 471. The number of carbonyl (C=O) groups excluding carboxylic acids is 1. The molecule has 0 spiro atoms. The number of hydrogen-bond donors (Lipinski definition) is 1. The van der Waals surface area contributed by atoms with Crippen molar-refractivity contribution in [2.45, 2.75) is 39.5 Å². The highest BCUT2D eigenvalue weighted by Gasteiger charge is 2.36. The van der Waals surface area contributed by atoms with E-state index in [2.05, 4.69) is 29.2 Å². The number of aromatic nitrogens is 2. The highest BCUT2D eigenvalue weighted by Crippen LogP contribution is 2.29. The molecule has 1 aliphatic rings. The van der Waals surface area contributed by atoms with Crippen molar-refractivity contribution in [3.8, 4) is 0 Å². The lowest BCUT2D eigenvalue weighted by atomic mass is 9.81. The van der Waals surface area contributed by atoms with Crippen LogP contribution in [0.2, 0.25) is 0 Å². The smallest absolute Gasteiger partial charge is 0.227 e. The molecule has 118 valence electrons. The lowest BCUT2D eigenvalue weighted by Crippen LogP contribution is -2.50. The minimum absolute atomic E-state index is 0.215. The van der Waals surface area contributed by atoms with Crippen LogP contribution in [-0.4, -0.2) is 46.8 Å². The van der Waals surface area contributed by atoms with E-state index in [0.717, 1.165) is 51.9 Å². The molecule has 1 N–H and O–H groups in total. The summed E-state index contributed by atoms with van der Waals surface area (Å²) in [4.78, 5) is 14.8. The average molecular weight is 292 g/mol. The van der Waals surface area contributed by atoms with Crippen LogP contribution in [0.3, 0.4) is 0 Å². The fraction of sp³-hybridized carbons (Fsp3) is 0.750. The third kappa shape index (κ3) is 4.30. The topological polar surface area (TPSA) is 50.2 Å². The first-order valence-electron chi connectivity index (χ1n) is 8.02. The summed E-state index contributed by atoms with van der Waals surface area (Å²) in [5.41, 5.74) is 1.01. The fourth-order valence-corrected chi connectivity index (χ4v) is 3.11. The van der Waals surface area contributed by atoms with Gasteiger partial charge in [0.2, 0.25) is 5.91 Å². The monoisotopic (exact) mass is 292 g/mol. The van der Waals surface area contributed by atoms with Crippen molar-refractivity contribution >= 4 is 5.91 Å². The van der Waals surface area contributed by atoms with E-state index >= 15 is 0 Å². The van der Waals surface area contributed by atoms with Crippen LogP contribution in [0.15, 0.2) is 12.4 Å². The van der Waals surface area contributed by atoms with Crippen LogP contribution in [-0.2, 0) is 18.3 Å². The molecular formula is C16H28N4O. The van der Waals surface area contributed by atoms with Gasteiger partial charge in [0.25, 0.3) is 0 Å². The molecule has 5 nitrogen and oxygen atoms in total. The van der Waals surface area contributed by atoms with E-state index in [9.17, 15) is 4.79 Å². The van der Waals surface area contributed by atoms with Gasteiger partial charge in [0.05, 0.1) is 11.6 Å². The maximum absolute atomic E-state index is 12.4. The molecule has 0 radical (unpaired) electrons. The number of amides is 1. The van der Waals surface area contributed by atoms with E-state index < -0.39 is 0 Å². The molecule has 5 heteroatoms. The molecule has 2 rings (SSSR count). The van der Waals surface area contributed by atoms with E-state index in [-0.39, 0.29) is 11.3 Å². The summed E-state index contributed by atoms with van der Waals surface area (Å²) in [6.07, 6.45) is 7.97. The van der Waals surface area contributed by atoms with Crippen molar-refractivity contribution in [3.05, 3.63) is 18.0 Å². The van der Waals surface area contributed by atoms with E-state index in [1.807, 2.05) is 24.1 Å². The van der Waals surface area contributed by atoms with Crippen LogP contribution in [0.5, 0.6) is 0 Å². The van der Waals surface area contributed by atoms with Crippen molar-refractivity contribution in [2.75, 3.05) is 26.2 Å². The quantitative estimate of drug-likeness (QED) is 0.810. The minimum Gasteiger partial charge on any atom is -0.356 e. The Balaban J connectivity index is 1.73. The highest BCUT2D eigenvalue weighted by molar-refractivity contribution is 5.82. The molecule has 1 aromatic heterocycles. The van der Waals surface area contributed by atoms with Gasteiger partial charge in [-0.1, -0.05) is 6.92 Å². The molecule has 1 aromatic rings. The molecule has 0 bridgehead atoms. The molecule has 0 aromatic carbocycles. The van der Waals surface area contributed by atoms with Gasteiger partial charge in [-0.2, -0.15) is 5.10 Å². The summed E-state index contributed by atoms with van der Waals surface area (Å²) in [6.45, 7) is 8.06. The van der Waals surface area contributed by atoms with E-state index in [1.165, 1.54) is 5.56 Å². The van der Waals surface area contributed by atoms with Crippen LogP contribution in [0.1, 0.15) is 38.7 Å². The predicted octanol–water partition coefficient (Wildman–Crippen LogP) is 1.59. The molecule has 1 fully saturated rings. The summed E-state index contributed by atoms with van der Waals surface area (Å²) in [7, 11) is 1.93. The van der Waals surface area contributed by atoms with Gasteiger partial charge in [-0.15, -0.1) is 0 Å². The molecule has 2 heterocycles. The van der Waals surface area contributed by atoms with Gasteiger partial charge < -0.3 is 10.2 Å². The lowest BCUT2D eigenvalue weighted by molar-refractivity contribution is -0.133. The number of hydrogen-bond acceptors (Lipinski definition) is 3. The Labute approximate surface area is 127 Å². The number of nitrogens with one attached hydrogen (secondary N) is 1. The van der Waals surface area contributed by atoms with Crippen molar-refractivity contribution in [1.29, 1.82) is 0 Å². The molecule has 1 aliphatic heterocycles. The zero-order chi connectivity index (χ0) is 15.3. The van der Waals surface area contributed by atoms with Crippen LogP contribution in [0.25, 0.3) is 0 Å². The molecule has 0 aliphatic carbocycles. The molecule has 1 unspecified atom stereocenters. The Kier molecular flexibility index (Phi) is 5.39. The Morgan fingerprint density at radius 2 is 2.33 bits per heavy atom. The molecule has 0 saturated carbocycles. The Morgan fingerprint density at radius 1 is 1.52 bits per heavy atom. The van der Waals surface area contributed by atoms with Gasteiger partial charge >= 0.3 is 0 Å². The summed E-state index contributed by atoms with van der Waals surface area (Å²) in [6, 6.07) is 0. The van der Waals surface area contributed by atoms with Crippen LogP contribution in [0, 0.1) is 5.41 Å². The van der Waals surface area contributed by atoms with Crippen molar-refractivity contribution in [2.24, 2.45) is 12.5 Å². The predicted molar refractivity (Wildman–Crippen MR) is 84.0 cm³/mol. The summed E-state index contributed by atoms with van der Waals surface area (Å²) in [5, 5.41) is 7.28. The first-order valence-corrected chi connectivity index (χ1v) is 8.02. The maximum Gasteiger partial charge on any atom is 0.227 e. The van der Waals surface area contributed by atoms with Crippen molar-refractivity contribution < 1.29 is 4.79 Å². The number of aryl methyl sites for hydroxylation is 2. The standard InChI is InChI=1S/C16H28N4O/c1-4-20-10-6-8-16(2,13-20)15(21)17-9-5-7-14-11-18-19(3)12-14/h11-12H,4-10,13H2,1-3H3,(H,17,21). The minimum atomic E-state index is -0.220. The average Bonchev–Trinajstić information content (AvgIpc) is 2.89. The zero-order valence-electron chi connectivity index (χ0n) is 13.6. The second kappa shape index (κ2) is 7.07. The number of nitrogens with zero attached hydrogens (tertiary/aromatic N) is 3. The second-order valence-electron chi connectivity index (χ2n) is 6.41. The number of likely N-dealkylation sites (tertiary alicyclic amines) is 1. The van der Waals surface area contributed by atoms with Gasteiger partial charge in [-0.3, -0.25) is 9.48 Å². The van der Waals surface area contributed by atoms with Crippen molar-refractivity contribution in [1.82, 2.24) is 20.0 Å². The van der Waals surface area contributed by atoms with E-state index in [0.29, 0.717) is 0 Å². The molecular weight excluding hydrogens is 264 g/mol. The normalized spacial score (nSPS) is 23.2. The van der Waals surface area contributed by atoms with Gasteiger partial charge in [-0.25, -0.2) is 0 Å². The molecule has 21 heavy (non-hydrogen) atoms. The van der Waals surface area contributed by atoms with E-state index in [4.69, 9.17) is 0 Å². The van der Waals surface area contributed by atoms with Gasteiger partial charge in [0.15, 0.2) is 0 Å². The first-order chi connectivity index (χ1) is 10.0. The summed E-state index contributed by atoms with van der Waals surface area (Å²) < 4.78 is 1.82. The van der Waals surface area contributed by atoms with E-state index in [1.54, 1.807) is 0 Å². The second-order valence-corrected chi connectivity index (χ2v) is 6.41. The summed E-state index contributed by atoms with van der Waals surface area (Å²) in [5.74, 6) is 0.215. The SMILES string of the molecule is CCN1CCCC(C)(C(=O)NCCCc2cnn(C)c2)C1. The zero-order valence-corrected chi connectivity index (χ0v) is 13.6. The molecule has 1 atom stereocenters. The summed E-state index contributed by atoms with van der Waals surface area (Å²) >= 11 is 0. The van der Waals surface area contributed by atoms with Gasteiger partial charge in [0, 0.05) is 26.3 Å². The third-order valence-corrected chi connectivity index (χ3v) is 4.46. The van der Waals surface area contributed by atoms with Gasteiger partial charge in [0.1, 0.15) is 0 Å². The number of rotatable bonds is 6. The number of piperidine rings is 1. The third-order valence-electron chi connectivity index (χ3n) is 4.46. The van der Waals surface area contributed by atoms with Crippen LogP contribution >= 0.6 is 0 Å². The largest absolute Gasteiger partial charge is 0.356 e. The maximum atomic E-state index is 12.4. The first kappa shape index (κ1) is 16.0. The van der Waals surface area contributed by atoms with Crippen molar-refractivity contribution in [3.63, 3.8) is 0 Å². The highest BCUT2D eigenvalue weighted by atomic mass is 16.2. The van der Waals surface area contributed by atoms with Gasteiger partial charge in [-0.05, 0) is 51.3 Å². The Morgan fingerprint density at radius 3 is 3.00 bits per heavy atom.